The van der Waals surface area contributed by atoms with Gasteiger partial charge in [0, 0.05) is 35.6 Å². The van der Waals surface area contributed by atoms with Crippen molar-refractivity contribution in [2.45, 2.75) is 26.4 Å². The van der Waals surface area contributed by atoms with Crippen LogP contribution in [0.1, 0.15) is 31.1 Å². The minimum absolute atomic E-state index is 0.0467. The number of carbonyl (C=O) groups excluding carboxylic acids is 2. The van der Waals surface area contributed by atoms with Gasteiger partial charge in [-0.3, -0.25) is 4.79 Å². The maximum Gasteiger partial charge on any atom is 0.407 e. The van der Waals surface area contributed by atoms with E-state index in [-0.39, 0.29) is 22.4 Å². The molecule has 1 aliphatic heterocycles. The molecular weight excluding hydrogens is 403 g/mol. The van der Waals surface area contributed by atoms with Crippen LogP contribution in [-0.2, 0) is 4.74 Å². The van der Waals surface area contributed by atoms with Gasteiger partial charge >= 0.3 is 6.09 Å². The van der Waals surface area contributed by atoms with E-state index in [1.54, 1.807) is 25.7 Å². The van der Waals surface area contributed by atoms with Crippen LogP contribution in [0.15, 0.2) is 16.6 Å². The van der Waals surface area contributed by atoms with Gasteiger partial charge in [-0.05, 0) is 48.8 Å². The first kappa shape index (κ1) is 19.0. The lowest BCUT2D eigenvalue weighted by Crippen LogP contribution is -2.54. The number of nitrogens with one attached hydrogen (secondary N) is 1. The molecule has 24 heavy (non-hydrogen) atoms. The lowest BCUT2D eigenvalue weighted by Gasteiger charge is -2.39. The number of likely N-dealkylation sites (tertiary alicyclic amines) is 1. The Morgan fingerprint density at radius 1 is 1.42 bits per heavy atom. The molecule has 1 saturated heterocycles. The van der Waals surface area contributed by atoms with Crippen molar-refractivity contribution in [3.63, 3.8) is 0 Å². The van der Waals surface area contributed by atoms with Gasteiger partial charge < -0.3 is 15.0 Å². The molecule has 0 saturated carbocycles. The first-order valence-corrected chi connectivity index (χ1v) is 8.64. The Labute approximate surface area is 153 Å². The summed E-state index contributed by atoms with van der Waals surface area (Å²) in [4.78, 5) is 25.5. The highest BCUT2D eigenvalue weighted by atomic mass is 79.9. The fourth-order valence-corrected chi connectivity index (χ4v) is 2.81. The summed E-state index contributed by atoms with van der Waals surface area (Å²) in [6.45, 7) is 6.80. The number of hydrogen-bond donors (Lipinski definition) is 1. The van der Waals surface area contributed by atoms with Crippen LogP contribution in [0.2, 0.25) is 5.02 Å². The summed E-state index contributed by atoms with van der Waals surface area (Å²) >= 11 is 8.85. The monoisotopic (exact) mass is 420 g/mol. The second-order valence-corrected chi connectivity index (χ2v) is 7.95. The number of hydrogen-bond acceptors (Lipinski definition) is 3. The lowest BCUT2D eigenvalue weighted by atomic mass is 9.99. The molecule has 0 aromatic heterocycles. The molecule has 5 nitrogen and oxygen atoms in total. The van der Waals surface area contributed by atoms with Gasteiger partial charge in [-0.2, -0.15) is 0 Å². The smallest absolute Gasteiger partial charge is 0.407 e. The lowest BCUT2D eigenvalue weighted by molar-refractivity contribution is 0.0420. The van der Waals surface area contributed by atoms with Crippen LogP contribution >= 0.6 is 27.5 Å². The van der Waals surface area contributed by atoms with Crippen LogP contribution in [0.3, 0.4) is 0 Å². The average Bonchev–Trinajstić information content (AvgIpc) is 2.40. The first-order chi connectivity index (χ1) is 11.1. The molecule has 0 spiro atoms. The molecule has 1 N–H and O–H groups in total. The number of carbonyl (C=O) groups is 2. The summed E-state index contributed by atoms with van der Waals surface area (Å²) in [7, 11) is 0. The van der Waals surface area contributed by atoms with Gasteiger partial charge in [0.1, 0.15) is 11.4 Å². The molecular formula is C16H19BrClFN2O3. The molecule has 1 fully saturated rings. The van der Waals surface area contributed by atoms with Crippen molar-refractivity contribution >= 4 is 39.5 Å². The molecule has 1 aromatic carbocycles. The van der Waals surface area contributed by atoms with E-state index in [0.29, 0.717) is 24.1 Å². The second kappa shape index (κ2) is 7.27. The summed E-state index contributed by atoms with van der Waals surface area (Å²) in [5, 5.41) is 2.64. The summed E-state index contributed by atoms with van der Waals surface area (Å²) in [6.07, 6.45) is -0.476. The number of amides is 2. The van der Waals surface area contributed by atoms with Crippen molar-refractivity contribution in [3.05, 3.63) is 33.0 Å². The average molecular weight is 422 g/mol. The highest BCUT2D eigenvalue weighted by Gasteiger charge is 2.32. The standard InChI is InChI=1S/C16H19BrClFN2O3/c1-16(2,3)24-15(23)20-6-9-7-21(8-9)14(22)10-4-11(17)13(18)12(19)5-10/h4-5,9H,6-8H2,1-3H3,(H,20,23). The highest BCUT2D eigenvalue weighted by molar-refractivity contribution is 9.10. The second-order valence-electron chi connectivity index (χ2n) is 6.71. The normalized spacial score (nSPS) is 15.0. The molecule has 1 aliphatic rings. The van der Waals surface area contributed by atoms with Gasteiger partial charge in [0.25, 0.3) is 5.91 Å². The van der Waals surface area contributed by atoms with Crippen LogP contribution in [0.25, 0.3) is 0 Å². The molecule has 2 amide bonds. The molecule has 132 valence electrons. The summed E-state index contributed by atoms with van der Waals surface area (Å²) in [6, 6.07) is 2.63. The first-order valence-electron chi connectivity index (χ1n) is 7.47. The van der Waals surface area contributed by atoms with Crippen molar-refractivity contribution in [3.8, 4) is 0 Å². The molecule has 0 radical (unpaired) electrons. The van der Waals surface area contributed by atoms with E-state index in [9.17, 15) is 14.0 Å². The van der Waals surface area contributed by atoms with Crippen molar-refractivity contribution in [2.75, 3.05) is 19.6 Å². The largest absolute Gasteiger partial charge is 0.444 e. The molecule has 1 heterocycles. The Morgan fingerprint density at radius 3 is 2.58 bits per heavy atom. The Hall–Kier alpha value is -1.34. The fourth-order valence-electron chi connectivity index (χ4n) is 2.27. The van der Waals surface area contributed by atoms with Crippen LogP contribution in [-0.4, -0.2) is 42.1 Å². The van der Waals surface area contributed by atoms with Gasteiger partial charge in [0.15, 0.2) is 0 Å². The van der Waals surface area contributed by atoms with Crippen molar-refractivity contribution in [1.29, 1.82) is 0 Å². The third-order valence-electron chi connectivity index (χ3n) is 3.41. The predicted molar refractivity (Wildman–Crippen MR) is 92.7 cm³/mol. The van der Waals surface area contributed by atoms with E-state index in [1.807, 2.05) is 0 Å². The molecule has 2 rings (SSSR count). The third-order valence-corrected chi connectivity index (χ3v) is 4.65. The van der Waals surface area contributed by atoms with Crippen LogP contribution < -0.4 is 5.32 Å². The number of benzene rings is 1. The predicted octanol–water partition coefficient (Wildman–Crippen LogP) is 3.84. The topological polar surface area (TPSA) is 58.6 Å². The van der Waals surface area contributed by atoms with E-state index in [4.69, 9.17) is 16.3 Å². The highest BCUT2D eigenvalue weighted by Crippen LogP contribution is 2.28. The van der Waals surface area contributed by atoms with E-state index in [2.05, 4.69) is 21.2 Å². The number of nitrogens with zero attached hydrogens (tertiary/aromatic N) is 1. The fraction of sp³-hybridized carbons (Fsp3) is 0.500. The van der Waals surface area contributed by atoms with Gasteiger partial charge in [-0.1, -0.05) is 11.6 Å². The summed E-state index contributed by atoms with van der Waals surface area (Å²) < 4.78 is 19.1. The Balaban J connectivity index is 1.82. The van der Waals surface area contributed by atoms with Crippen molar-refractivity contribution in [2.24, 2.45) is 5.92 Å². The SMILES string of the molecule is CC(C)(C)OC(=O)NCC1CN(C(=O)c2cc(F)c(Cl)c(Br)c2)C1. The van der Waals surface area contributed by atoms with Crippen molar-refractivity contribution in [1.82, 2.24) is 10.2 Å². The molecule has 0 aliphatic carbocycles. The maximum absolute atomic E-state index is 13.6. The van der Waals surface area contributed by atoms with Gasteiger partial charge in [-0.25, -0.2) is 9.18 Å². The zero-order valence-electron chi connectivity index (χ0n) is 13.7. The Morgan fingerprint density at radius 2 is 2.04 bits per heavy atom. The molecule has 0 bridgehead atoms. The van der Waals surface area contributed by atoms with Gasteiger partial charge in [0.05, 0.1) is 5.02 Å². The van der Waals surface area contributed by atoms with E-state index in [0.717, 1.165) is 6.07 Å². The van der Waals surface area contributed by atoms with Gasteiger partial charge in [-0.15, -0.1) is 0 Å². The summed E-state index contributed by atoms with van der Waals surface area (Å²) in [5.74, 6) is -0.750. The third kappa shape index (κ3) is 4.83. The molecule has 1 aromatic rings. The van der Waals surface area contributed by atoms with E-state index >= 15 is 0 Å². The zero-order valence-corrected chi connectivity index (χ0v) is 16.0. The number of rotatable bonds is 3. The molecule has 0 unspecified atom stereocenters. The van der Waals surface area contributed by atoms with Crippen molar-refractivity contribution < 1.29 is 18.7 Å². The Kier molecular flexibility index (Phi) is 5.75. The zero-order chi connectivity index (χ0) is 18.1. The van der Waals surface area contributed by atoms with Gasteiger partial charge in [0.2, 0.25) is 0 Å². The van der Waals surface area contributed by atoms with Crippen LogP contribution in [0, 0.1) is 11.7 Å². The van der Waals surface area contributed by atoms with E-state index in [1.165, 1.54) is 6.07 Å². The number of alkyl carbamates (subject to hydrolysis) is 1. The van der Waals surface area contributed by atoms with Crippen LogP contribution in [0.4, 0.5) is 9.18 Å². The summed E-state index contributed by atoms with van der Waals surface area (Å²) in [5.41, 5.74) is -0.306. The number of halogens is 3. The van der Waals surface area contributed by atoms with E-state index < -0.39 is 17.5 Å². The minimum Gasteiger partial charge on any atom is -0.444 e. The quantitative estimate of drug-likeness (QED) is 0.755. The van der Waals surface area contributed by atoms with Crippen LogP contribution in [0.5, 0.6) is 0 Å². The minimum atomic E-state index is -0.641. The molecule has 0 atom stereocenters. The number of ether oxygens (including phenoxy) is 1. The maximum atomic E-state index is 13.6. The molecule has 8 heteroatoms. The Bertz CT molecular complexity index is 634.